The van der Waals surface area contributed by atoms with E-state index in [0.717, 1.165) is 5.39 Å². The van der Waals surface area contributed by atoms with Gasteiger partial charge in [0.05, 0.1) is 6.61 Å². The Bertz CT molecular complexity index is 648. The quantitative estimate of drug-likeness (QED) is 0.804. The number of nitrogens with one attached hydrogen (secondary N) is 1. The molecular weight excluding hydrogens is 282 g/mol. The van der Waals surface area contributed by atoms with Crippen molar-refractivity contribution in [2.75, 3.05) is 13.2 Å². The number of aliphatic hydroxyl groups excluding tert-OH is 1. The number of carbonyl (C=O) groups is 1. The molecular formula is C14H16ClNO4. The van der Waals surface area contributed by atoms with E-state index < -0.39 is 18.1 Å². The van der Waals surface area contributed by atoms with E-state index in [0.29, 0.717) is 16.2 Å². The van der Waals surface area contributed by atoms with Crippen LogP contribution in [-0.4, -0.2) is 34.9 Å². The summed E-state index contributed by atoms with van der Waals surface area (Å²) in [6, 6.07) is 5.12. The van der Waals surface area contributed by atoms with Gasteiger partial charge in [0.2, 0.25) is 0 Å². The van der Waals surface area contributed by atoms with Crippen LogP contribution in [0.5, 0.6) is 0 Å². The molecule has 0 saturated carbocycles. The number of hydrogen-bond donors (Lipinski definition) is 3. The Balaban J connectivity index is 2.25. The Morgan fingerprint density at radius 1 is 1.50 bits per heavy atom. The lowest BCUT2D eigenvalue weighted by Gasteiger charge is -2.20. The largest absolute Gasteiger partial charge is 0.451 e. The third kappa shape index (κ3) is 2.95. The number of rotatable bonds is 4. The summed E-state index contributed by atoms with van der Waals surface area (Å²) in [5.74, 6) is -0.264. The van der Waals surface area contributed by atoms with Crippen molar-refractivity contribution in [3.63, 3.8) is 0 Å². The summed E-state index contributed by atoms with van der Waals surface area (Å²) in [5.41, 5.74) is -0.103. The zero-order valence-corrected chi connectivity index (χ0v) is 12.0. The second-order valence-electron chi connectivity index (χ2n) is 5.03. The summed E-state index contributed by atoms with van der Waals surface area (Å²) in [6.07, 6.45) is 0. The van der Waals surface area contributed by atoms with Crippen molar-refractivity contribution in [2.45, 2.75) is 19.4 Å². The van der Waals surface area contributed by atoms with Gasteiger partial charge < -0.3 is 19.9 Å². The lowest BCUT2D eigenvalue weighted by Crippen LogP contribution is -2.43. The van der Waals surface area contributed by atoms with Gasteiger partial charge >= 0.3 is 0 Å². The molecule has 0 radical (unpaired) electrons. The van der Waals surface area contributed by atoms with Crippen LogP contribution in [0.4, 0.5) is 0 Å². The second kappa shape index (κ2) is 5.44. The summed E-state index contributed by atoms with van der Waals surface area (Å²) < 4.78 is 5.50. The molecule has 5 nitrogen and oxygen atoms in total. The SMILES string of the molecule is Cc1c(C(=O)NCC(C)(O)CO)oc2ccc(Cl)cc12. The molecule has 0 bridgehead atoms. The molecule has 0 saturated heterocycles. The molecule has 1 aromatic carbocycles. The van der Waals surface area contributed by atoms with Crippen LogP contribution in [0.25, 0.3) is 11.0 Å². The lowest BCUT2D eigenvalue weighted by molar-refractivity contribution is 0.00300. The molecule has 6 heteroatoms. The van der Waals surface area contributed by atoms with Gasteiger partial charge in [-0.05, 0) is 32.0 Å². The predicted molar refractivity (Wildman–Crippen MR) is 76.0 cm³/mol. The Hall–Kier alpha value is -1.56. The van der Waals surface area contributed by atoms with E-state index in [-0.39, 0.29) is 12.3 Å². The number of aliphatic hydroxyl groups is 2. The monoisotopic (exact) mass is 297 g/mol. The van der Waals surface area contributed by atoms with Crippen molar-refractivity contribution in [2.24, 2.45) is 0 Å². The highest BCUT2D eigenvalue weighted by Gasteiger charge is 2.23. The van der Waals surface area contributed by atoms with Gasteiger partial charge in [0, 0.05) is 22.5 Å². The average Bonchev–Trinajstić information content (AvgIpc) is 2.74. The van der Waals surface area contributed by atoms with Gasteiger partial charge in [0.1, 0.15) is 11.2 Å². The number of benzene rings is 1. The minimum absolute atomic E-state index is 0.0699. The average molecular weight is 298 g/mol. The van der Waals surface area contributed by atoms with Gasteiger partial charge in [0.15, 0.2) is 5.76 Å². The smallest absolute Gasteiger partial charge is 0.287 e. The molecule has 0 aliphatic rings. The topological polar surface area (TPSA) is 82.7 Å². The van der Waals surface area contributed by atoms with Gasteiger partial charge in [-0.1, -0.05) is 11.6 Å². The number of fused-ring (bicyclic) bond motifs is 1. The van der Waals surface area contributed by atoms with E-state index in [1.807, 2.05) is 0 Å². The first-order chi connectivity index (χ1) is 9.34. The molecule has 2 aromatic rings. The molecule has 1 heterocycles. The first-order valence-corrected chi connectivity index (χ1v) is 6.52. The lowest BCUT2D eigenvalue weighted by atomic mass is 10.1. The maximum absolute atomic E-state index is 12.1. The normalized spacial score (nSPS) is 14.2. The summed E-state index contributed by atoms with van der Waals surface area (Å²) in [6.45, 7) is 2.68. The van der Waals surface area contributed by atoms with Crippen molar-refractivity contribution in [1.82, 2.24) is 5.32 Å². The molecule has 1 aromatic heterocycles. The zero-order valence-electron chi connectivity index (χ0n) is 11.2. The maximum Gasteiger partial charge on any atom is 0.287 e. The fourth-order valence-corrected chi connectivity index (χ4v) is 1.99. The summed E-state index contributed by atoms with van der Waals surface area (Å²) in [5, 5.41) is 22.5. The van der Waals surface area contributed by atoms with E-state index >= 15 is 0 Å². The van der Waals surface area contributed by atoms with Crippen LogP contribution in [0.1, 0.15) is 23.0 Å². The van der Waals surface area contributed by atoms with E-state index in [4.69, 9.17) is 21.1 Å². The standard InChI is InChI=1S/C14H16ClNO4/c1-8-10-5-9(15)3-4-11(10)20-12(8)13(18)16-6-14(2,19)7-17/h3-5,17,19H,6-7H2,1-2H3,(H,16,18). The molecule has 3 N–H and O–H groups in total. The van der Waals surface area contributed by atoms with E-state index in [1.165, 1.54) is 6.92 Å². The molecule has 0 aliphatic heterocycles. The number of furan rings is 1. The minimum Gasteiger partial charge on any atom is -0.451 e. The van der Waals surface area contributed by atoms with Gasteiger partial charge in [-0.25, -0.2) is 0 Å². The maximum atomic E-state index is 12.1. The molecule has 0 spiro atoms. The highest BCUT2D eigenvalue weighted by molar-refractivity contribution is 6.31. The predicted octanol–water partition coefficient (Wildman–Crippen LogP) is 1.87. The van der Waals surface area contributed by atoms with Crippen LogP contribution >= 0.6 is 11.6 Å². The molecule has 1 unspecified atom stereocenters. The molecule has 0 fully saturated rings. The van der Waals surface area contributed by atoms with Crippen LogP contribution in [0.15, 0.2) is 22.6 Å². The number of carbonyl (C=O) groups excluding carboxylic acids is 1. The number of halogens is 1. The van der Waals surface area contributed by atoms with Crippen LogP contribution < -0.4 is 5.32 Å². The second-order valence-corrected chi connectivity index (χ2v) is 5.47. The Morgan fingerprint density at radius 3 is 2.85 bits per heavy atom. The Labute approximate surface area is 121 Å². The first kappa shape index (κ1) is 14.8. The number of aryl methyl sites for hydroxylation is 1. The Morgan fingerprint density at radius 2 is 2.20 bits per heavy atom. The summed E-state index contributed by atoms with van der Waals surface area (Å²) >= 11 is 5.92. The fraction of sp³-hybridized carbons (Fsp3) is 0.357. The molecule has 1 atom stereocenters. The van der Waals surface area contributed by atoms with Crippen LogP contribution in [0.2, 0.25) is 5.02 Å². The van der Waals surface area contributed by atoms with Gasteiger partial charge in [-0.2, -0.15) is 0 Å². The van der Waals surface area contributed by atoms with E-state index in [9.17, 15) is 9.90 Å². The first-order valence-electron chi connectivity index (χ1n) is 6.14. The third-order valence-corrected chi connectivity index (χ3v) is 3.31. The summed E-state index contributed by atoms with van der Waals surface area (Å²) in [4.78, 5) is 12.1. The van der Waals surface area contributed by atoms with Crippen LogP contribution in [0, 0.1) is 6.92 Å². The van der Waals surface area contributed by atoms with Crippen molar-refractivity contribution in [3.8, 4) is 0 Å². The highest BCUT2D eigenvalue weighted by Crippen LogP contribution is 2.27. The molecule has 0 aliphatic carbocycles. The molecule has 2 rings (SSSR count). The van der Waals surface area contributed by atoms with Crippen LogP contribution in [0.3, 0.4) is 0 Å². The highest BCUT2D eigenvalue weighted by atomic mass is 35.5. The van der Waals surface area contributed by atoms with Crippen molar-refractivity contribution < 1.29 is 19.4 Å². The van der Waals surface area contributed by atoms with Crippen LogP contribution in [-0.2, 0) is 0 Å². The Kier molecular flexibility index (Phi) is 4.04. The fourth-order valence-electron chi connectivity index (χ4n) is 1.82. The van der Waals surface area contributed by atoms with Crippen molar-refractivity contribution in [3.05, 3.63) is 34.5 Å². The third-order valence-electron chi connectivity index (χ3n) is 3.07. The summed E-state index contributed by atoms with van der Waals surface area (Å²) in [7, 11) is 0. The van der Waals surface area contributed by atoms with Gasteiger partial charge in [0.25, 0.3) is 5.91 Å². The van der Waals surface area contributed by atoms with Crippen molar-refractivity contribution in [1.29, 1.82) is 0 Å². The van der Waals surface area contributed by atoms with Gasteiger partial charge in [-0.15, -0.1) is 0 Å². The number of amides is 1. The number of hydrogen-bond acceptors (Lipinski definition) is 4. The van der Waals surface area contributed by atoms with Gasteiger partial charge in [-0.3, -0.25) is 4.79 Å². The molecule has 20 heavy (non-hydrogen) atoms. The van der Waals surface area contributed by atoms with E-state index in [1.54, 1.807) is 25.1 Å². The van der Waals surface area contributed by atoms with Crippen molar-refractivity contribution >= 4 is 28.5 Å². The minimum atomic E-state index is -1.36. The molecule has 1 amide bonds. The zero-order chi connectivity index (χ0) is 14.9. The van der Waals surface area contributed by atoms with E-state index in [2.05, 4.69) is 5.32 Å². The molecule has 108 valence electrons.